The number of nitrogens with one attached hydrogen (secondary N) is 1. The number of carbonyl (C=O) groups is 1. The lowest BCUT2D eigenvalue weighted by Crippen LogP contribution is -2.29. The number of hydrogen-bond donors (Lipinski definition) is 1. The highest BCUT2D eigenvalue weighted by molar-refractivity contribution is 5.99. The molecule has 1 amide bonds. The van der Waals surface area contributed by atoms with Gasteiger partial charge in [0.1, 0.15) is 22.9 Å². The number of amides is 1. The van der Waals surface area contributed by atoms with E-state index in [1.54, 1.807) is 30.3 Å². The number of halogens is 1. The molecule has 0 saturated carbocycles. The Kier molecular flexibility index (Phi) is 6.14. The first-order valence-corrected chi connectivity index (χ1v) is 7.38. The van der Waals surface area contributed by atoms with Crippen molar-refractivity contribution in [3.8, 4) is 11.5 Å². The molecular weight excluding hydrogens is 313 g/mol. The first kappa shape index (κ1) is 17.7. The van der Waals surface area contributed by atoms with Gasteiger partial charge in [0, 0.05) is 13.7 Å². The minimum Gasteiger partial charge on any atom is -0.496 e. The molecule has 1 unspecified atom stereocenters. The average molecular weight is 333 g/mol. The molecule has 2 aromatic carbocycles. The summed E-state index contributed by atoms with van der Waals surface area (Å²) >= 11 is 0. The quantitative estimate of drug-likeness (QED) is 0.846. The number of rotatable bonds is 7. The molecule has 0 saturated heterocycles. The Balaban J connectivity index is 2.15. The summed E-state index contributed by atoms with van der Waals surface area (Å²) in [7, 11) is 4.47. The van der Waals surface area contributed by atoms with Crippen molar-refractivity contribution in [3.05, 3.63) is 59.4 Å². The van der Waals surface area contributed by atoms with Gasteiger partial charge in [-0.05, 0) is 29.8 Å². The fourth-order valence-electron chi connectivity index (χ4n) is 2.39. The van der Waals surface area contributed by atoms with Crippen molar-refractivity contribution in [3.63, 3.8) is 0 Å². The molecule has 0 aliphatic carbocycles. The van der Waals surface area contributed by atoms with E-state index in [0.29, 0.717) is 22.6 Å². The zero-order chi connectivity index (χ0) is 17.5. The highest BCUT2D eigenvalue weighted by atomic mass is 19.1. The third-order valence-corrected chi connectivity index (χ3v) is 3.61. The number of hydrogen-bond acceptors (Lipinski definition) is 4. The van der Waals surface area contributed by atoms with E-state index < -0.39 is 6.10 Å². The van der Waals surface area contributed by atoms with Gasteiger partial charge in [-0.25, -0.2) is 4.39 Å². The standard InChI is InChI=1S/C18H20FNO4/c1-22-14-8-5-9-15(23-2)17(14)18(21)20-11-16(24-3)12-6-4-7-13(19)10-12/h4-10,16H,11H2,1-3H3,(H,20,21). The summed E-state index contributed by atoms with van der Waals surface area (Å²) in [5.41, 5.74) is 0.946. The van der Waals surface area contributed by atoms with E-state index in [0.717, 1.165) is 0 Å². The Morgan fingerprint density at radius 1 is 1.08 bits per heavy atom. The van der Waals surface area contributed by atoms with Crippen LogP contribution in [0.25, 0.3) is 0 Å². The topological polar surface area (TPSA) is 56.8 Å². The van der Waals surface area contributed by atoms with Crippen molar-refractivity contribution >= 4 is 5.91 Å². The van der Waals surface area contributed by atoms with Crippen molar-refractivity contribution in [2.24, 2.45) is 0 Å². The number of methoxy groups -OCH3 is 3. The van der Waals surface area contributed by atoms with Crippen LogP contribution in [0.3, 0.4) is 0 Å². The summed E-state index contributed by atoms with van der Waals surface area (Å²) in [5.74, 6) is 0.105. The van der Waals surface area contributed by atoms with Gasteiger partial charge in [-0.3, -0.25) is 4.79 Å². The van der Waals surface area contributed by atoms with E-state index in [4.69, 9.17) is 14.2 Å². The maximum Gasteiger partial charge on any atom is 0.258 e. The van der Waals surface area contributed by atoms with E-state index in [-0.39, 0.29) is 18.3 Å². The van der Waals surface area contributed by atoms with E-state index >= 15 is 0 Å². The first-order chi connectivity index (χ1) is 11.6. The van der Waals surface area contributed by atoms with Crippen molar-refractivity contribution in [2.75, 3.05) is 27.9 Å². The third kappa shape index (κ3) is 4.02. The van der Waals surface area contributed by atoms with Gasteiger partial charge in [0.15, 0.2) is 0 Å². The van der Waals surface area contributed by atoms with E-state index in [1.807, 2.05) is 0 Å². The van der Waals surface area contributed by atoms with Crippen LogP contribution < -0.4 is 14.8 Å². The van der Waals surface area contributed by atoms with Crippen LogP contribution in [0, 0.1) is 5.82 Å². The monoisotopic (exact) mass is 333 g/mol. The van der Waals surface area contributed by atoms with Crippen LogP contribution in [0.4, 0.5) is 4.39 Å². The van der Waals surface area contributed by atoms with Crippen LogP contribution in [0.2, 0.25) is 0 Å². The Bertz CT molecular complexity index is 683. The maximum atomic E-state index is 13.3. The number of ether oxygens (including phenoxy) is 3. The highest BCUT2D eigenvalue weighted by Gasteiger charge is 2.20. The smallest absolute Gasteiger partial charge is 0.258 e. The van der Waals surface area contributed by atoms with Crippen LogP contribution in [0.15, 0.2) is 42.5 Å². The van der Waals surface area contributed by atoms with Gasteiger partial charge < -0.3 is 19.5 Å². The average Bonchev–Trinajstić information content (AvgIpc) is 2.61. The van der Waals surface area contributed by atoms with E-state index in [2.05, 4.69) is 5.32 Å². The minimum atomic E-state index is -0.467. The molecule has 1 atom stereocenters. The van der Waals surface area contributed by atoms with Crippen LogP contribution in [-0.2, 0) is 4.74 Å². The molecule has 0 fully saturated rings. The summed E-state index contributed by atoms with van der Waals surface area (Å²) < 4.78 is 29.1. The second kappa shape index (κ2) is 8.31. The molecule has 2 rings (SSSR count). The Hall–Kier alpha value is -2.60. The molecular formula is C18H20FNO4. The molecule has 1 N–H and O–H groups in total. The van der Waals surface area contributed by atoms with Crippen molar-refractivity contribution in [1.29, 1.82) is 0 Å². The fourth-order valence-corrected chi connectivity index (χ4v) is 2.39. The molecule has 24 heavy (non-hydrogen) atoms. The van der Waals surface area contributed by atoms with Crippen molar-refractivity contribution in [1.82, 2.24) is 5.32 Å². The molecule has 128 valence electrons. The third-order valence-electron chi connectivity index (χ3n) is 3.61. The summed E-state index contributed by atoms with van der Waals surface area (Å²) in [6.45, 7) is 0.181. The van der Waals surface area contributed by atoms with Crippen LogP contribution >= 0.6 is 0 Å². The molecule has 6 heteroatoms. The lowest BCUT2D eigenvalue weighted by Gasteiger charge is -2.18. The summed E-state index contributed by atoms with van der Waals surface area (Å²) in [6.07, 6.45) is -0.467. The van der Waals surface area contributed by atoms with E-state index in [9.17, 15) is 9.18 Å². The zero-order valence-corrected chi connectivity index (χ0v) is 13.8. The van der Waals surface area contributed by atoms with E-state index in [1.165, 1.54) is 33.5 Å². The second-order valence-electron chi connectivity index (χ2n) is 5.03. The Labute approximate surface area is 140 Å². The van der Waals surface area contributed by atoms with Crippen molar-refractivity contribution in [2.45, 2.75) is 6.10 Å². The lowest BCUT2D eigenvalue weighted by molar-refractivity contribution is 0.0822. The van der Waals surface area contributed by atoms with Crippen LogP contribution in [-0.4, -0.2) is 33.8 Å². The van der Waals surface area contributed by atoms with Gasteiger partial charge in [0.2, 0.25) is 0 Å². The molecule has 0 bridgehead atoms. The van der Waals surface area contributed by atoms with Gasteiger partial charge in [0.25, 0.3) is 5.91 Å². The predicted molar refractivity (Wildman–Crippen MR) is 88.0 cm³/mol. The van der Waals surface area contributed by atoms with Crippen molar-refractivity contribution < 1.29 is 23.4 Å². The Morgan fingerprint density at radius 3 is 2.25 bits per heavy atom. The molecule has 0 aliphatic rings. The second-order valence-corrected chi connectivity index (χ2v) is 5.03. The van der Waals surface area contributed by atoms with Gasteiger partial charge in [0.05, 0.1) is 20.3 Å². The van der Waals surface area contributed by atoms with Gasteiger partial charge in [-0.1, -0.05) is 18.2 Å². The molecule has 0 radical (unpaired) electrons. The van der Waals surface area contributed by atoms with Gasteiger partial charge in [-0.15, -0.1) is 0 Å². The Morgan fingerprint density at radius 2 is 1.71 bits per heavy atom. The van der Waals surface area contributed by atoms with Gasteiger partial charge >= 0.3 is 0 Å². The zero-order valence-electron chi connectivity index (χ0n) is 13.8. The number of benzene rings is 2. The van der Waals surface area contributed by atoms with Crippen LogP contribution in [0.1, 0.15) is 22.0 Å². The molecule has 0 spiro atoms. The summed E-state index contributed by atoms with van der Waals surface area (Å²) in [4.78, 5) is 12.5. The predicted octanol–water partition coefficient (Wildman–Crippen LogP) is 2.96. The fraction of sp³-hybridized carbons (Fsp3) is 0.278. The van der Waals surface area contributed by atoms with Gasteiger partial charge in [-0.2, -0.15) is 0 Å². The molecule has 2 aromatic rings. The number of carbonyl (C=O) groups excluding carboxylic acids is 1. The first-order valence-electron chi connectivity index (χ1n) is 7.38. The largest absolute Gasteiger partial charge is 0.496 e. The lowest BCUT2D eigenvalue weighted by atomic mass is 10.1. The summed E-state index contributed by atoms with van der Waals surface area (Å²) in [6, 6.07) is 11.2. The highest BCUT2D eigenvalue weighted by Crippen LogP contribution is 2.28. The SMILES string of the molecule is COc1cccc(OC)c1C(=O)NCC(OC)c1cccc(F)c1. The minimum absolute atomic E-state index is 0.181. The maximum absolute atomic E-state index is 13.3. The normalized spacial score (nSPS) is 11.7. The van der Waals surface area contributed by atoms with Crippen LogP contribution in [0.5, 0.6) is 11.5 Å². The molecule has 0 heterocycles. The molecule has 5 nitrogen and oxygen atoms in total. The molecule has 0 aliphatic heterocycles. The molecule has 0 aromatic heterocycles. The summed E-state index contributed by atoms with van der Waals surface area (Å²) in [5, 5.41) is 2.77.